The van der Waals surface area contributed by atoms with Gasteiger partial charge < -0.3 is 25.6 Å². The Bertz CT molecular complexity index is 1260. The number of ether oxygens (including phenoxy) is 1. The Hall–Kier alpha value is -3.81. The lowest BCUT2D eigenvalue weighted by molar-refractivity contribution is 0.0528. The summed E-state index contributed by atoms with van der Waals surface area (Å²) in [6.07, 6.45) is 3.31. The number of carboxylic acid groups (broad SMARTS) is 1. The molecule has 1 atom stereocenters. The first-order valence-corrected chi connectivity index (χ1v) is 11.5. The number of amides is 1. The molecule has 3 aromatic rings. The van der Waals surface area contributed by atoms with E-state index in [1.165, 1.54) is 12.1 Å². The lowest BCUT2D eigenvalue weighted by atomic mass is 10.00. The number of nitrogens with zero attached hydrogens (tertiary/aromatic N) is 2. The van der Waals surface area contributed by atoms with Crippen LogP contribution < -0.4 is 10.5 Å². The van der Waals surface area contributed by atoms with Crippen molar-refractivity contribution in [2.24, 2.45) is 0 Å². The highest BCUT2D eigenvalue weighted by molar-refractivity contribution is 6.07. The summed E-state index contributed by atoms with van der Waals surface area (Å²) >= 11 is 0. The van der Waals surface area contributed by atoms with Crippen LogP contribution in [0.25, 0.3) is 10.9 Å². The Morgan fingerprint density at radius 3 is 2.74 bits per heavy atom. The monoisotopic (exact) mass is 463 g/mol. The maximum atomic E-state index is 13.2. The molecule has 2 aromatic carbocycles. The fourth-order valence-electron chi connectivity index (χ4n) is 4.66. The fourth-order valence-corrected chi connectivity index (χ4v) is 4.66. The molecule has 178 valence electrons. The van der Waals surface area contributed by atoms with Gasteiger partial charge in [0.15, 0.2) is 0 Å². The highest BCUT2D eigenvalue weighted by Gasteiger charge is 2.29. The number of carbonyl (C=O) groups is 2. The highest BCUT2D eigenvalue weighted by Crippen LogP contribution is 2.37. The van der Waals surface area contributed by atoms with E-state index >= 15 is 0 Å². The number of rotatable bonds is 6. The average Bonchev–Trinajstić information content (AvgIpc) is 2.81. The summed E-state index contributed by atoms with van der Waals surface area (Å²) in [7, 11) is 0. The van der Waals surface area contributed by atoms with Gasteiger partial charge in [0.05, 0.1) is 28.3 Å². The molecule has 8 heteroatoms. The number of nitrogens with two attached hydrogens (primary N) is 1. The minimum atomic E-state index is -1.13. The van der Waals surface area contributed by atoms with Crippen LogP contribution in [0.1, 0.15) is 58.2 Å². The second-order valence-corrected chi connectivity index (χ2v) is 8.60. The van der Waals surface area contributed by atoms with Gasteiger partial charge in [0.2, 0.25) is 0 Å². The van der Waals surface area contributed by atoms with E-state index in [-0.39, 0.29) is 35.6 Å². The van der Waals surface area contributed by atoms with Gasteiger partial charge in [0.1, 0.15) is 23.7 Å². The minimum absolute atomic E-state index is 0.0241. The molecule has 0 spiro atoms. The Morgan fingerprint density at radius 1 is 1.24 bits per heavy atom. The third-order valence-electron chi connectivity index (χ3n) is 6.40. The van der Waals surface area contributed by atoms with Gasteiger partial charge in [-0.15, -0.1) is 0 Å². The van der Waals surface area contributed by atoms with Gasteiger partial charge in [-0.1, -0.05) is 19.1 Å². The molecule has 1 fully saturated rings. The highest BCUT2D eigenvalue weighted by atomic mass is 16.5. The zero-order valence-corrected chi connectivity index (χ0v) is 19.4. The molecule has 1 amide bonds. The number of phenols is 1. The molecular weight excluding hydrogens is 434 g/mol. The number of benzene rings is 2. The number of phenolic OH excluding ortho intramolecular Hbond substituents is 1. The molecule has 8 nitrogen and oxygen atoms in total. The molecule has 34 heavy (non-hydrogen) atoms. The standard InChI is InChI=1S/C26H29N3O5/c1-3-16-10-11-20-22(23(27)21(26(32)33)15(2)28-20)24(16)34-14-18-8-4-5-12-29(18)25(31)17-7-6-9-19(30)13-17/h6-7,9-11,13,18,30H,3-5,8,12,14H2,1-2H3,(H2,27,28)(H,32,33). The number of carbonyl (C=O) groups excluding carboxylic acids is 1. The molecular formula is C26H29N3O5. The van der Waals surface area contributed by atoms with Crippen molar-refractivity contribution in [1.82, 2.24) is 9.88 Å². The summed E-state index contributed by atoms with van der Waals surface area (Å²) < 4.78 is 6.32. The lowest BCUT2D eigenvalue weighted by Crippen LogP contribution is -2.46. The number of aromatic nitrogens is 1. The van der Waals surface area contributed by atoms with Crippen molar-refractivity contribution in [1.29, 1.82) is 0 Å². The lowest BCUT2D eigenvalue weighted by Gasteiger charge is -2.36. The van der Waals surface area contributed by atoms with Crippen LogP contribution in [0.5, 0.6) is 11.5 Å². The summed E-state index contributed by atoms with van der Waals surface area (Å²) in [5.74, 6) is -0.718. The van der Waals surface area contributed by atoms with Crippen LogP contribution in [0.2, 0.25) is 0 Å². The van der Waals surface area contributed by atoms with Crippen LogP contribution in [0, 0.1) is 6.92 Å². The van der Waals surface area contributed by atoms with E-state index in [4.69, 9.17) is 10.5 Å². The van der Waals surface area contributed by atoms with Crippen LogP contribution in [0.15, 0.2) is 36.4 Å². The van der Waals surface area contributed by atoms with Gasteiger partial charge in [-0.25, -0.2) is 4.79 Å². The maximum Gasteiger partial charge on any atom is 0.339 e. The number of likely N-dealkylation sites (tertiary alicyclic amines) is 1. The third-order valence-corrected chi connectivity index (χ3v) is 6.40. The number of hydrogen-bond acceptors (Lipinski definition) is 6. The van der Waals surface area contributed by atoms with Crippen molar-refractivity contribution in [3.63, 3.8) is 0 Å². The maximum absolute atomic E-state index is 13.2. The summed E-state index contributed by atoms with van der Waals surface area (Å²) in [6.45, 7) is 4.46. The molecule has 0 saturated carbocycles. The Balaban J connectivity index is 1.68. The van der Waals surface area contributed by atoms with Crippen LogP contribution in [0.3, 0.4) is 0 Å². The number of carboxylic acids is 1. The molecule has 2 heterocycles. The Morgan fingerprint density at radius 2 is 2.03 bits per heavy atom. The summed E-state index contributed by atoms with van der Waals surface area (Å²) in [5, 5.41) is 19.9. The molecule has 0 aliphatic carbocycles. The Kier molecular flexibility index (Phi) is 6.58. The van der Waals surface area contributed by atoms with E-state index in [1.54, 1.807) is 24.0 Å². The normalized spacial score (nSPS) is 15.9. The van der Waals surface area contributed by atoms with Crippen LogP contribution in [-0.4, -0.2) is 51.2 Å². The van der Waals surface area contributed by atoms with Gasteiger partial charge in [-0.3, -0.25) is 9.78 Å². The van der Waals surface area contributed by atoms with Crippen molar-refractivity contribution < 1.29 is 24.5 Å². The number of hydrogen-bond donors (Lipinski definition) is 3. The van der Waals surface area contributed by atoms with Crippen molar-refractivity contribution in [2.45, 2.75) is 45.6 Å². The van der Waals surface area contributed by atoms with Crippen LogP contribution in [0.4, 0.5) is 5.69 Å². The van der Waals surface area contributed by atoms with Gasteiger partial charge in [0, 0.05) is 12.1 Å². The molecule has 0 bridgehead atoms. The SMILES string of the molecule is CCc1ccc2nc(C)c(C(=O)O)c(N)c2c1OCC1CCCCN1C(=O)c1cccc(O)c1. The van der Waals surface area contributed by atoms with Gasteiger partial charge in [-0.05, 0) is 62.4 Å². The zero-order valence-electron chi connectivity index (χ0n) is 19.4. The van der Waals surface area contributed by atoms with E-state index in [0.29, 0.717) is 40.9 Å². The predicted octanol–water partition coefficient (Wildman–Crippen LogP) is 4.17. The first kappa shape index (κ1) is 23.4. The van der Waals surface area contributed by atoms with Crippen LogP contribution >= 0.6 is 0 Å². The average molecular weight is 464 g/mol. The molecule has 1 aromatic heterocycles. The summed E-state index contributed by atoms with van der Waals surface area (Å²) in [6, 6.07) is 9.93. The molecule has 1 aliphatic rings. The number of aryl methyl sites for hydroxylation is 2. The number of aromatic carboxylic acids is 1. The smallest absolute Gasteiger partial charge is 0.339 e. The van der Waals surface area contributed by atoms with E-state index in [1.807, 2.05) is 19.1 Å². The first-order chi connectivity index (χ1) is 16.3. The number of nitrogen functional groups attached to an aromatic ring is 1. The van der Waals surface area contributed by atoms with Crippen LogP contribution in [-0.2, 0) is 6.42 Å². The summed E-state index contributed by atoms with van der Waals surface area (Å²) in [5.41, 5.74) is 8.69. The van der Waals surface area contributed by atoms with Crippen molar-refractivity contribution in [3.05, 3.63) is 58.8 Å². The van der Waals surface area contributed by atoms with E-state index < -0.39 is 5.97 Å². The zero-order chi connectivity index (χ0) is 24.4. The molecule has 4 N–H and O–H groups in total. The largest absolute Gasteiger partial charge is 0.508 e. The topological polar surface area (TPSA) is 126 Å². The van der Waals surface area contributed by atoms with Crippen molar-refractivity contribution >= 4 is 28.5 Å². The number of piperidine rings is 1. The second-order valence-electron chi connectivity index (χ2n) is 8.60. The van der Waals surface area contributed by atoms with E-state index in [9.17, 15) is 19.8 Å². The number of anilines is 1. The number of fused-ring (bicyclic) bond motifs is 1. The first-order valence-electron chi connectivity index (χ1n) is 11.5. The van der Waals surface area contributed by atoms with Gasteiger partial charge in [-0.2, -0.15) is 0 Å². The second kappa shape index (κ2) is 9.59. The van der Waals surface area contributed by atoms with Crippen molar-refractivity contribution in [2.75, 3.05) is 18.9 Å². The third kappa shape index (κ3) is 4.35. The van der Waals surface area contributed by atoms with Gasteiger partial charge in [0.25, 0.3) is 5.91 Å². The Labute approximate surface area is 198 Å². The molecule has 1 saturated heterocycles. The fraction of sp³-hybridized carbons (Fsp3) is 0.346. The molecule has 1 unspecified atom stereocenters. The van der Waals surface area contributed by atoms with Gasteiger partial charge >= 0.3 is 5.97 Å². The van der Waals surface area contributed by atoms with Crippen molar-refractivity contribution in [3.8, 4) is 11.5 Å². The number of aromatic hydroxyl groups is 1. The quantitative estimate of drug-likeness (QED) is 0.501. The molecule has 0 radical (unpaired) electrons. The van der Waals surface area contributed by atoms with E-state index in [2.05, 4.69) is 4.98 Å². The summed E-state index contributed by atoms with van der Waals surface area (Å²) in [4.78, 5) is 31.2. The van der Waals surface area contributed by atoms with E-state index in [0.717, 1.165) is 24.8 Å². The minimum Gasteiger partial charge on any atom is -0.508 e. The molecule has 4 rings (SSSR count). The predicted molar refractivity (Wildman–Crippen MR) is 130 cm³/mol. The molecule has 1 aliphatic heterocycles. The number of pyridine rings is 1.